The van der Waals surface area contributed by atoms with E-state index in [9.17, 15) is 0 Å². The topological polar surface area (TPSA) is 41.1 Å². The second-order valence-corrected chi connectivity index (χ2v) is 6.53. The summed E-state index contributed by atoms with van der Waals surface area (Å²) in [6.45, 7) is 5.51. The molecule has 1 N–H and O–H groups in total. The fourth-order valence-electron chi connectivity index (χ4n) is 4.13. The van der Waals surface area contributed by atoms with Crippen LogP contribution in [-0.2, 0) is 6.42 Å². The summed E-state index contributed by atoms with van der Waals surface area (Å²) in [6.07, 6.45) is 8.91. The van der Waals surface area contributed by atoms with E-state index in [1.165, 1.54) is 43.5 Å². The van der Waals surface area contributed by atoms with E-state index in [1.807, 2.05) is 7.05 Å². The van der Waals surface area contributed by atoms with Crippen LogP contribution >= 0.6 is 0 Å². The zero-order valence-electron chi connectivity index (χ0n) is 13.7. The number of piperidine rings is 1. The van der Waals surface area contributed by atoms with Crippen LogP contribution in [0.5, 0.6) is 0 Å². The van der Waals surface area contributed by atoms with E-state index in [1.54, 1.807) is 0 Å². The summed E-state index contributed by atoms with van der Waals surface area (Å²) in [4.78, 5) is 12.2. The molecule has 0 spiro atoms. The smallest absolute Gasteiger partial charge is 0.137 e. The summed E-state index contributed by atoms with van der Waals surface area (Å²) in [6, 6.07) is 0.714. The van der Waals surface area contributed by atoms with Gasteiger partial charge in [0.05, 0.1) is 0 Å². The quantitative estimate of drug-likeness (QED) is 0.920. The minimum Gasteiger partial charge on any atom is -0.373 e. The average Bonchev–Trinajstić information content (AvgIpc) is 2.97. The molecule has 2 aliphatic rings. The molecule has 3 rings (SSSR count). The molecule has 1 aromatic heterocycles. The maximum absolute atomic E-state index is 4.93. The molecule has 1 saturated heterocycles. The first-order valence-corrected chi connectivity index (χ1v) is 8.56. The number of anilines is 2. The molecule has 0 radical (unpaired) electrons. The largest absolute Gasteiger partial charge is 0.373 e. The van der Waals surface area contributed by atoms with Crippen molar-refractivity contribution in [3.05, 3.63) is 11.4 Å². The molecule has 2 atom stereocenters. The van der Waals surface area contributed by atoms with E-state index in [0.717, 1.165) is 36.9 Å². The minimum atomic E-state index is 0.714. The van der Waals surface area contributed by atoms with E-state index in [0.29, 0.717) is 6.04 Å². The Morgan fingerprint density at radius 2 is 2.00 bits per heavy atom. The van der Waals surface area contributed by atoms with Gasteiger partial charge in [-0.25, -0.2) is 9.97 Å². The molecule has 0 bridgehead atoms. The summed E-state index contributed by atoms with van der Waals surface area (Å²) >= 11 is 0. The molecule has 2 heterocycles. The van der Waals surface area contributed by atoms with Crippen LogP contribution in [0.1, 0.15) is 56.8 Å². The number of hydrogen-bond acceptors (Lipinski definition) is 4. The van der Waals surface area contributed by atoms with Gasteiger partial charge in [-0.15, -0.1) is 0 Å². The van der Waals surface area contributed by atoms with Gasteiger partial charge in [0.2, 0.25) is 0 Å². The number of aryl methyl sites for hydroxylation is 1. The lowest BCUT2D eigenvalue weighted by molar-refractivity contribution is 0.360. The summed E-state index contributed by atoms with van der Waals surface area (Å²) in [5, 5.41) is 3.26. The number of rotatable bonds is 4. The maximum Gasteiger partial charge on any atom is 0.137 e. The third-order valence-corrected chi connectivity index (χ3v) is 5.14. The normalized spacial score (nSPS) is 25.0. The molecular formula is C17H28N4. The van der Waals surface area contributed by atoms with Gasteiger partial charge in [-0.1, -0.05) is 13.3 Å². The van der Waals surface area contributed by atoms with Crippen molar-refractivity contribution in [1.29, 1.82) is 0 Å². The first-order chi connectivity index (χ1) is 10.2. The van der Waals surface area contributed by atoms with Gasteiger partial charge in [-0.3, -0.25) is 0 Å². The maximum atomic E-state index is 4.93. The summed E-state index contributed by atoms with van der Waals surface area (Å²) < 4.78 is 0. The molecule has 1 aromatic rings. The van der Waals surface area contributed by atoms with Gasteiger partial charge in [0.1, 0.15) is 17.5 Å². The lowest BCUT2D eigenvalue weighted by Crippen LogP contribution is -2.43. The molecule has 116 valence electrons. The summed E-state index contributed by atoms with van der Waals surface area (Å²) in [5.41, 5.74) is 1.21. The van der Waals surface area contributed by atoms with E-state index in [-0.39, 0.29) is 0 Å². The van der Waals surface area contributed by atoms with E-state index in [2.05, 4.69) is 29.0 Å². The van der Waals surface area contributed by atoms with Gasteiger partial charge in [0, 0.05) is 31.6 Å². The fourth-order valence-corrected chi connectivity index (χ4v) is 4.13. The number of aromatic nitrogens is 2. The molecule has 4 nitrogen and oxygen atoms in total. The molecule has 2 fully saturated rings. The monoisotopic (exact) mass is 288 g/mol. The zero-order chi connectivity index (χ0) is 14.8. The first-order valence-electron chi connectivity index (χ1n) is 8.56. The second kappa shape index (κ2) is 6.20. The molecule has 21 heavy (non-hydrogen) atoms. The summed E-state index contributed by atoms with van der Waals surface area (Å²) in [5.74, 6) is 4.07. The fraction of sp³-hybridized carbons (Fsp3) is 0.765. The highest BCUT2D eigenvalue weighted by Crippen LogP contribution is 2.40. The molecule has 1 aliphatic carbocycles. The predicted octanol–water partition coefficient (Wildman–Crippen LogP) is 3.55. The molecule has 1 saturated carbocycles. The Morgan fingerprint density at radius 1 is 1.19 bits per heavy atom. The van der Waals surface area contributed by atoms with Gasteiger partial charge < -0.3 is 10.2 Å². The van der Waals surface area contributed by atoms with Crippen molar-refractivity contribution in [3.8, 4) is 0 Å². The highest BCUT2D eigenvalue weighted by atomic mass is 15.2. The Kier molecular flexibility index (Phi) is 4.32. The van der Waals surface area contributed by atoms with Crippen LogP contribution in [0.3, 0.4) is 0 Å². The Bertz CT molecular complexity index is 500. The Morgan fingerprint density at radius 3 is 2.76 bits per heavy atom. The third-order valence-electron chi connectivity index (χ3n) is 5.14. The van der Waals surface area contributed by atoms with E-state index < -0.39 is 0 Å². The van der Waals surface area contributed by atoms with Gasteiger partial charge in [-0.05, 0) is 44.9 Å². The predicted molar refractivity (Wildman–Crippen MR) is 88.0 cm³/mol. The third kappa shape index (κ3) is 2.72. The Balaban J connectivity index is 1.97. The van der Waals surface area contributed by atoms with Gasteiger partial charge in [0.25, 0.3) is 0 Å². The highest BCUT2D eigenvalue weighted by Gasteiger charge is 2.36. The molecule has 4 heteroatoms. The van der Waals surface area contributed by atoms with Crippen LogP contribution < -0.4 is 10.2 Å². The summed E-state index contributed by atoms with van der Waals surface area (Å²) in [7, 11) is 1.96. The standard InChI is InChI=1S/C17H28N4/c1-4-7-15-19-16(18-3)12(2)17(20-15)21-11-6-9-13-8-5-10-14(13)21/h13-14H,4-11H2,1-3H3,(H,18,19,20). The van der Waals surface area contributed by atoms with Crippen molar-refractivity contribution < 1.29 is 0 Å². The van der Waals surface area contributed by atoms with E-state index >= 15 is 0 Å². The van der Waals surface area contributed by atoms with Crippen molar-refractivity contribution in [3.63, 3.8) is 0 Å². The Labute approximate surface area is 128 Å². The van der Waals surface area contributed by atoms with Crippen molar-refractivity contribution >= 4 is 11.6 Å². The average molecular weight is 288 g/mol. The molecule has 1 aliphatic heterocycles. The lowest BCUT2D eigenvalue weighted by Gasteiger charge is -2.39. The Hall–Kier alpha value is -1.32. The van der Waals surface area contributed by atoms with Crippen LogP contribution in [0.15, 0.2) is 0 Å². The van der Waals surface area contributed by atoms with Gasteiger partial charge in [0.15, 0.2) is 0 Å². The van der Waals surface area contributed by atoms with Crippen LogP contribution in [0, 0.1) is 12.8 Å². The zero-order valence-corrected chi connectivity index (χ0v) is 13.7. The van der Waals surface area contributed by atoms with Gasteiger partial charge in [-0.2, -0.15) is 0 Å². The number of fused-ring (bicyclic) bond motifs is 1. The SMILES string of the molecule is CCCc1nc(NC)c(C)c(N2CCCC3CCCC32)n1. The van der Waals surface area contributed by atoms with Crippen LogP contribution in [0.25, 0.3) is 0 Å². The van der Waals surface area contributed by atoms with Crippen molar-refractivity contribution in [2.75, 3.05) is 23.8 Å². The van der Waals surface area contributed by atoms with Crippen molar-refractivity contribution in [2.45, 2.75) is 64.8 Å². The minimum absolute atomic E-state index is 0.714. The molecule has 2 unspecified atom stereocenters. The van der Waals surface area contributed by atoms with Crippen LogP contribution in [0.4, 0.5) is 11.6 Å². The number of hydrogen-bond donors (Lipinski definition) is 1. The first kappa shape index (κ1) is 14.6. The number of nitrogens with zero attached hydrogens (tertiary/aromatic N) is 3. The van der Waals surface area contributed by atoms with Crippen LogP contribution in [-0.4, -0.2) is 29.6 Å². The van der Waals surface area contributed by atoms with E-state index in [4.69, 9.17) is 4.98 Å². The van der Waals surface area contributed by atoms with Gasteiger partial charge >= 0.3 is 0 Å². The number of nitrogens with one attached hydrogen (secondary N) is 1. The van der Waals surface area contributed by atoms with Crippen LogP contribution in [0.2, 0.25) is 0 Å². The van der Waals surface area contributed by atoms with Crippen molar-refractivity contribution in [1.82, 2.24) is 9.97 Å². The molecule has 0 amide bonds. The lowest BCUT2D eigenvalue weighted by atomic mass is 9.91. The second-order valence-electron chi connectivity index (χ2n) is 6.53. The molecule has 0 aromatic carbocycles. The van der Waals surface area contributed by atoms with Crippen molar-refractivity contribution in [2.24, 2.45) is 5.92 Å². The highest BCUT2D eigenvalue weighted by molar-refractivity contribution is 5.59. The molecular weight excluding hydrogens is 260 g/mol.